The Hall–Kier alpha value is -3.41. The van der Waals surface area contributed by atoms with Gasteiger partial charge in [-0.3, -0.25) is 19.8 Å². The lowest BCUT2D eigenvalue weighted by Crippen LogP contribution is -2.66. The van der Waals surface area contributed by atoms with Crippen molar-refractivity contribution in [2.75, 3.05) is 26.7 Å². The van der Waals surface area contributed by atoms with Crippen LogP contribution in [0.1, 0.15) is 33.6 Å². The Morgan fingerprint density at radius 3 is 2.38 bits per heavy atom. The number of rotatable bonds is 6. The van der Waals surface area contributed by atoms with E-state index in [1.165, 1.54) is 41.2 Å². The Bertz CT molecular complexity index is 926. The second-order valence-electron chi connectivity index (χ2n) is 9.20. The summed E-state index contributed by atoms with van der Waals surface area (Å²) in [6.07, 6.45) is 0.248. The van der Waals surface area contributed by atoms with Gasteiger partial charge in [0.15, 0.2) is 0 Å². The summed E-state index contributed by atoms with van der Waals surface area (Å²) in [5.41, 5.74) is -0.862. The summed E-state index contributed by atoms with van der Waals surface area (Å²) in [7, 11) is 1.26. The van der Waals surface area contributed by atoms with E-state index < -0.39 is 40.8 Å². The smallest absolute Gasteiger partial charge is 0.415 e. The van der Waals surface area contributed by atoms with E-state index in [1.807, 2.05) is 0 Å². The quantitative estimate of drug-likeness (QED) is 0.370. The van der Waals surface area contributed by atoms with Crippen LogP contribution in [0, 0.1) is 10.1 Å². The second kappa shape index (κ2) is 10.2. The maximum Gasteiger partial charge on any atom is 0.415 e. The predicted octanol–water partition coefficient (Wildman–Crippen LogP) is 2.31. The number of hydrogen-bond donors (Lipinski definition) is 1. The topological polar surface area (TPSA) is 141 Å². The van der Waals surface area contributed by atoms with Gasteiger partial charge in [-0.25, -0.2) is 9.59 Å². The number of nitro groups is 1. The van der Waals surface area contributed by atoms with Crippen molar-refractivity contribution >= 4 is 23.8 Å². The first-order chi connectivity index (χ1) is 16.0. The molecular weight excluding hydrogens is 448 g/mol. The van der Waals surface area contributed by atoms with Crippen LogP contribution in [0.2, 0.25) is 0 Å². The molecule has 1 N–H and O–H groups in total. The Morgan fingerprint density at radius 2 is 1.85 bits per heavy atom. The van der Waals surface area contributed by atoms with Gasteiger partial charge in [0, 0.05) is 37.8 Å². The van der Waals surface area contributed by atoms with Crippen LogP contribution in [0.3, 0.4) is 0 Å². The van der Waals surface area contributed by atoms with Gasteiger partial charge >= 0.3 is 18.2 Å². The van der Waals surface area contributed by atoms with E-state index in [0.717, 1.165) is 12.8 Å². The number of nitrogens with zero attached hydrogens (tertiary/aromatic N) is 3. The third kappa shape index (κ3) is 6.34. The molecule has 2 atom stereocenters. The maximum absolute atomic E-state index is 13.0. The van der Waals surface area contributed by atoms with Gasteiger partial charge in [0.1, 0.15) is 17.4 Å². The third-order valence-electron chi connectivity index (χ3n) is 5.44. The van der Waals surface area contributed by atoms with Gasteiger partial charge in [-0.1, -0.05) is 0 Å². The SMILES string of the molecule is COC(=O)C1NCCN(C(=O)OC(C)(C)C)C1CN(C(=O)Oc1ccc([N+](=O)[O-])cc1)C1CC1. The molecule has 1 saturated heterocycles. The summed E-state index contributed by atoms with van der Waals surface area (Å²) in [5.74, 6) is -0.408. The van der Waals surface area contributed by atoms with E-state index in [4.69, 9.17) is 14.2 Å². The fraction of sp³-hybridized carbons (Fsp3) is 0.591. The highest BCUT2D eigenvalue weighted by atomic mass is 16.6. The molecule has 1 aromatic rings. The van der Waals surface area contributed by atoms with Crippen LogP contribution in [0.15, 0.2) is 24.3 Å². The summed E-state index contributed by atoms with van der Waals surface area (Å²) in [6.45, 7) is 5.89. The summed E-state index contributed by atoms with van der Waals surface area (Å²) in [6, 6.07) is 3.45. The van der Waals surface area contributed by atoms with Crippen molar-refractivity contribution < 1.29 is 33.5 Å². The lowest BCUT2D eigenvalue weighted by molar-refractivity contribution is -0.384. The van der Waals surface area contributed by atoms with Crippen molar-refractivity contribution in [1.82, 2.24) is 15.1 Å². The number of piperazine rings is 1. The number of carbonyl (C=O) groups is 3. The number of methoxy groups -OCH3 is 1. The van der Waals surface area contributed by atoms with Crippen molar-refractivity contribution in [2.45, 2.75) is 57.3 Å². The van der Waals surface area contributed by atoms with Gasteiger partial charge in [-0.15, -0.1) is 0 Å². The number of carbonyl (C=O) groups excluding carboxylic acids is 3. The molecule has 3 rings (SSSR count). The molecular formula is C22H30N4O8. The third-order valence-corrected chi connectivity index (χ3v) is 5.44. The Labute approximate surface area is 197 Å². The van der Waals surface area contributed by atoms with Crippen LogP contribution in [-0.4, -0.2) is 83.3 Å². The fourth-order valence-electron chi connectivity index (χ4n) is 3.70. The molecule has 2 unspecified atom stereocenters. The lowest BCUT2D eigenvalue weighted by atomic mass is 10.0. The molecule has 1 aliphatic heterocycles. The van der Waals surface area contributed by atoms with E-state index in [9.17, 15) is 24.5 Å². The molecule has 34 heavy (non-hydrogen) atoms. The number of nitrogens with one attached hydrogen (secondary N) is 1. The molecule has 2 amide bonds. The molecule has 1 aliphatic carbocycles. The Morgan fingerprint density at radius 1 is 1.21 bits per heavy atom. The average Bonchev–Trinajstić information content (AvgIpc) is 3.61. The van der Waals surface area contributed by atoms with E-state index in [1.54, 1.807) is 20.8 Å². The number of benzene rings is 1. The van der Waals surface area contributed by atoms with Crippen LogP contribution in [-0.2, 0) is 14.3 Å². The minimum absolute atomic E-state index is 0.0164. The maximum atomic E-state index is 13.0. The Balaban J connectivity index is 1.81. The van der Waals surface area contributed by atoms with E-state index in [-0.39, 0.29) is 30.6 Å². The van der Waals surface area contributed by atoms with Crippen LogP contribution >= 0.6 is 0 Å². The van der Waals surface area contributed by atoms with Gasteiger partial charge in [0.2, 0.25) is 0 Å². The molecule has 186 valence electrons. The van der Waals surface area contributed by atoms with Crippen LogP contribution in [0.5, 0.6) is 5.75 Å². The summed E-state index contributed by atoms with van der Waals surface area (Å²) < 4.78 is 15.9. The zero-order valence-electron chi connectivity index (χ0n) is 19.7. The van der Waals surface area contributed by atoms with Gasteiger partial charge in [0.05, 0.1) is 18.1 Å². The van der Waals surface area contributed by atoms with Gasteiger partial charge in [-0.2, -0.15) is 0 Å². The zero-order valence-corrected chi connectivity index (χ0v) is 19.7. The average molecular weight is 479 g/mol. The standard InChI is InChI=1S/C22H30N4O8/c1-22(2,3)34-21(29)24-12-11-23-18(19(27)32-4)17(24)13-25(14-5-6-14)20(28)33-16-9-7-15(8-10-16)26(30)31/h7-10,14,17-18,23H,5-6,11-13H2,1-4H3. The Kier molecular flexibility index (Phi) is 7.60. The van der Waals surface area contributed by atoms with E-state index in [0.29, 0.717) is 6.54 Å². The first-order valence-corrected chi connectivity index (χ1v) is 11.0. The number of esters is 1. The van der Waals surface area contributed by atoms with Crippen molar-refractivity contribution in [3.63, 3.8) is 0 Å². The largest absolute Gasteiger partial charge is 0.468 e. The van der Waals surface area contributed by atoms with Crippen LogP contribution in [0.25, 0.3) is 0 Å². The molecule has 2 aliphatic rings. The minimum atomic E-state index is -0.861. The molecule has 1 heterocycles. The summed E-state index contributed by atoms with van der Waals surface area (Å²) >= 11 is 0. The van der Waals surface area contributed by atoms with Gasteiger partial charge in [-0.05, 0) is 45.7 Å². The number of amides is 2. The first-order valence-electron chi connectivity index (χ1n) is 11.0. The fourth-order valence-corrected chi connectivity index (χ4v) is 3.70. The summed E-state index contributed by atoms with van der Waals surface area (Å²) in [5, 5.41) is 13.9. The molecule has 2 fully saturated rings. The molecule has 12 heteroatoms. The highest BCUT2D eigenvalue weighted by Crippen LogP contribution is 2.30. The van der Waals surface area contributed by atoms with Gasteiger partial charge < -0.3 is 24.4 Å². The molecule has 1 saturated carbocycles. The monoisotopic (exact) mass is 478 g/mol. The minimum Gasteiger partial charge on any atom is -0.468 e. The normalized spacial score (nSPS) is 20.3. The lowest BCUT2D eigenvalue weighted by Gasteiger charge is -2.42. The summed E-state index contributed by atoms with van der Waals surface area (Å²) in [4.78, 5) is 51.7. The molecule has 0 bridgehead atoms. The van der Waals surface area contributed by atoms with Gasteiger partial charge in [0.25, 0.3) is 5.69 Å². The number of hydrogen-bond acceptors (Lipinski definition) is 9. The van der Waals surface area contributed by atoms with Crippen molar-refractivity contribution in [2.24, 2.45) is 0 Å². The van der Waals surface area contributed by atoms with Crippen molar-refractivity contribution in [3.8, 4) is 5.75 Å². The molecule has 12 nitrogen and oxygen atoms in total. The second-order valence-corrected chi connectivity index (χ2v) is 9.20. The number of ether oxygens (including phenoxy) is 3. The first kappa shape index (κ1) is 25.2. The van der Waals surface area contributed by atoms with Crippen LogP contribution < -0.4 is 10.1 Å². The van der Waals surface area contributed by atoms with E-state index >= 15 is 0 Å². The zero-order chi connectivity index (χ0) is 25.0. The number of nitro benzene ring substituents is 1. The molecule has 0 aromatic heterocycles. The van der Waals surface area contributed by atoms with Crippen LogP contribution in [0.4, 0.5) is 15.3 Å². The molecule has 1 aromatic carbocycles. The predicted molar refractivity (Wildman–Crippen MR) is 119 cm³/mol. The number of non-ortho nitro benzene ring substituents is 1. The highest BCUT2D eigenvalue weighted by Gasteiger charge is 2.45. The van der Waals surface area contributed by atoms with Crippen molar-refractivity contribution in [1.29, 1.82) is 0 Å². The highest BCUT2D eigenvalue weighted by molar-refractivity contribution is 5.79. The molecule has 0 radical (unpaired) electrons. The van der Waals surface area contributed by atoms with Crippen molar-refractivity contribution in [3.05, 3.63) is 34.4 Å². The molecule has 0 spiro atoms. The van der Waals surface area contributed by atoms with E-state index in [2.05, 4.69) is 5.32 Å².